The third kappa shape index (κ3) is 3.43. The molecule has 5 rings (SSSR count). The van der Waals surface area contributed by atoms with Gasteiger partial charge in [-0.05, 0) is 31.2 Å². The smallest absolute Gasteiger partial charge is 0.175 e. The molecule has 0 bridgehead atoms. The Morgan fingerprint density at radius 1 is 1.23 bits per heavy atom. The fraction of sp³-hybridized carbons (Fsp3) is 0.261. The SMILES string of the molecule is Cc1cc2c(F)c(Oc3ccnc4cc(OC[C@H](O)CO)c5c(c34)CCO5)ccc2[nH]1. The zero-order valence-electron chi connectivity index (χ0n) is 16.8. The Hall–Kier alpha value is -3.36. The van der Waals surface area contributed by atoms with Gasteiger partial charge in [-0.3, -0.25) is 4.98 Å². The lowest BCUT2D eigenvalue weighted by atomic mass is 10.0. The summed E-state index contributed by atoms with van der Waals surface area (Å²) in [7, 11) is 0. The van der Waals surface area contributed by atoms with E-state index in [1.165, 1.54) is 0 Å². The number of halogens is 1. The summed E-state index contributed by atoms with van der Waals surface area (Å²) < 4.78 is 32.5. The van der Waals surface area contributed by atoms with Gasteiger partial charge in [0.05, 0.1) is 24.1 Å². The molecule has 0 fully saturated rings. The summed E-state index contributed by atoms with van der Waals surface area (Å²) in [6, 6.07) is 8.53. The van der Waals surface area contributed by atoms with Crippen molar-refractivity contribution in [3.63, 3.8) is 0 Å². The van der Waals surface area contributed by atoms with Gasteiger partial charge in [0.25, 0.3) is 0 Å². The maximum Gasteiger partial charge on any atom is 0.175 e. The van der Waals surface area contributed by atoms with Crippen LogP contribution in [0.5, 0.6) is 23.0 Å². The predicted molar refractivity (Wildman–Crippen MR) is 113 cm³/mol. The van der Waals surface area contributed by atoms with Crippen LogP contribution in [-0.4, -0.2) is 46.1 Å². The molecule has 3 N–H and O–H groups in total. The van der Waals surface area contributed by atoms with Crippen LogP contribution < -0.4 is 14.2 Å². The molecule has 3 heterocycles. The Labute approximate surface area is 177 Å². The second-order valence-corrected chi connectivity index (χ2v) is 7.52. The summed E-state index contributed by atoms with van der Waals surface area (Å²) in [6.45, 7) is 1.86. The first-order valence-electron chi connectivity index (χ1n) is 10.00. The Kier molecular flexibility index (Phi) is 4.88. The van der Waals surface area contributed by atoms with E-state index in [9.17, 15) is 5.11 Å². The summed E-state index contributed by atoms with van der Waals surface area (Å²) in [6.07, 6.45) is 1.21. The van der Waals surface area contributed by atoms with Crippen molar-refractivity contribution in [2.24, 2.45) is 0 Å². The molecule has 31 heavy (non-hydrogen) atoms. The van der Waals surface area contributed by atoms with Crippen LogP contribution >= 0.6 is 0 Å². The van der Waals surface area contributed by atoms with Crippen LogP contribution in [0.3, 0.4) is 0 Å². The molecule has 2 aromatic carbocycles. The van der Waals surface area contributed by atoms with Crippen LogP contribution in [0.1, 0.15) is 11.3 Å². The largest absolute Gasteiger partial charge is 0.489 e. The van der Waals surface area contributed by atoms with E-state index in [-0.39, 0.29) is 12.4 Å². The maximum atomic E-state index is 15.1. The number of H-pyrrole nitrogens is 1. The first-order valence-corrected chi connectivity index (χ1v) is 10.00. The van der Waals surface area contributed by atoms with Gasteiger partial charge in [0.15, 0.2) is 23.1 Å². The summed E-state index contributed by atoms with van der Waals surface area (Å²) >= 11 is 0. The van der Waals surface area contributed by atoms with E-state index in [0.29, 0.717) is 46.7 Å². The summed E-state index contributed by atoms with van der Waals surface area (Å²) in [5.41, 5.74) is 3.04. The normalized spacial score (nSPS) is 13.9. The van der Waals surface area contributed by atoms with E-state index >= 15 is 4.39 Å². The van der Waals surface area contributed by atoms with Crippen molar-refractivity contribution in [3.05, 3.63) is 53.6 Å². The number of hydrogen-bond donors (Lipinski definition) is 3. The number of aliphatic hydroxyl groups excluding tert-OH is 2. The molecule has 0 radical (unpaired) electrons. The quantitative estimate of drug-likeness (QED) is 0.438. The fourth-order valence-corrected chi connectivity index (χ4v) is 3.89. The van der Waals surface area contributed by atoms with Crippen LogP contribution in [0.15, 0.2) is 36.5 Å². The Balaban J connectivity index is 1.58. The van der Waals surface area contributed by atoms with Gasteiger partial charge in [-0.1, -0.05) is 0 Å². The van der Waals surface area contributed by atoms with Gasteiger partial charge in [0.2, 0.25) is 0 Å². The molecule has 7 nitrogen and oxygen atoms in total. The Morgan fingerprint density at radius 3 is 2.94 bits per heavy atom. The van der Waals surface area contributed by atoms with Crippen molar-refractivity contribution in [1.82, 2.24) is 9.97 Å². The lowest BCUT2D eigenvalue weighted by Crippen LogP contribution is -2.21. The average Bonchev–Trinajstić information content (AvgIpc) is 3.40. The van der Waals surface area contributed by atoms with Gasteiger partial charge < -0.3 is 29.4 Å². The van der Waals surface area contributed by atoms with Crippen molar-refractivity contribution < 1.29 is 28.8 Å². The average molecular weight is 424 g/mol. The second kappa shape index (κ2) is 7.72. The predicted octanol–water partition coefficient (Wildman–Crippen LogP) is 3.62. The summed E-state index contributed by atoms with van der Waals surface area (Å²) in [4.78, 5) is 7.53. The standard InChI is InChI=1S/C23H21FN2O5/c1-12-8-15-16(26-12)2-3-19(22(15)24)31-18-4-6-25-17-9-20(30-11-13(28)10-27)23-14(21(17)18)5-7-29-23/h2-4,6,8-9,13,26-28H,5,7,10-11H2,1H3/t13-/m1/s1. The molecular formula is C23H21FN2O5. The van der Waals surface area contributed by atoms with Gasteiger partial charge in [-0.15, -0.1) is 0 Å². The molecule has 0 unspecified atom stereocenters. The van der Waals surface area contributed by atoms with Crippen LogP contribution in [0, 0.1) is 12.7 Å². The van der Waals surface area contributed by atoms with Crippen molar-refractivity contribution in [1.29, 1.82) is 0 Å². The van der Waals surface area contributed by atoms with Gasteiger partial charge >= 0.3 is 0 Å². The third-order valence-corrected chi connectivity index (χ3v) is 5.31. The molecule has 1 aliphatic rings. The number of aromatic nitrogens is 2. The van der Waals surface area contributed by atoms with E-state index < -0.39 is 18.5 Å². The van der Waals surface area contributed by atoms with E-state index in [0.717, 1.165) is 16.6 Å². The Bertz CT molecular complexity index is 1290. The molecule has 0 aliphatic carbocycles. The fourth-order valence-electron chi connectivity index (χ4n) is 3.89. The highest BCUT2D eigenvalue weighted by atomic mass is 19.1. The highest BCUT2D eigenvalue weighted by Gasteiger charge is 2.25. The van der Waals surface area contributed by atoms with Crippen LogP contribution in [0.2, 0.25) is 0 Å². The number of ether oxygens (including phenoxy) is 3. The third-order valence-electron chi connectivity index (χ3n) is 5.31. The summed E-state index contributed by atoms with van der Waals surface area (Å²) in [5, 5.41) is 19.8. The van der Waals surface area contributed by atoms with Gasteiger partial charge in [0, 0.05) is 40.8 Å². The zero-order valence-corrected chi connectivity index (χ0v) is 16.8. The minimum absolute atomic E-state index is 0.0741. The monoisotopic (exact) mass is 424 g/mol. The highest BCUT2D eigenvalue weighted by Crippen LogP contribution is 2.45. The van der Waals surface area contributed by atoms with Crippen molar-refractivity contribution in [2.45, 2.75) is 19.4 Å². The molecule has 160 valence electrons. The molecule has 8 heteroatoms. The molecule has 0 saturated heterocycles. The number of fused-ring (bicyclic) bond motifs is 4. The van der Waals surface area contributed by atoms with E-state index in [1.807, 2.05) is 6.92 Å². The molecule has 0 amide bonds. The number of nitrogens with one attached hydrogen (secondary N) is 1. The van der Waals surface area contributed by atoms with Gasteiger partial charge in [-0.2, -0.15) is 0 Å². The van der Waals surface area contributed by atoms with Crippen molar-refractivity contribution in [3.8, 4) is 23.0 Å². The first kappa shape index (κ1) is 19.6. The number of aromatic amines is 1. The van der Waals surface area contributed by atoms with Crippen molar-refractivity contribution in [2.75, 3.05) is 19.8 Å². The molecule has 1 atom stereocenters. The van der Waals surface area contributed by atoms with Gasteiger partial charge in [-0.25, -0.2) is 4.39 Å². The first-order chi connectivity index (χ1) is 15.0. The molecular weight excluding hydrogens is 403 g/mol. The topological polar surface area (TPSA) is 96.8 Å². The summed E-state index contributed by atoms with van der Waals surface area (Å²) in [5.74, 6) is 1.15. The van der Waals surface area contributed by atoms with Crippen molar-refractivity contribution >= 4 is 21.8 Å². The van der Waals surface area contributed by atoms with Crippen LogP contribution in [0.25, 0.3) is 21.8 Å². The number of hydrogen-bond acceptors (Lipinski definition) is 6. The highest BCUT2D eigenvalue weighted by molar-refractivity contribution is 5.93. The molecule has 2 aromatic heterocycles. The van der Waals surface area contributed by atoms with Crippen LogP contribution in [0.4, 0.5) is 4.39 Å². The lowest BCUT2D eigenvalue weighted by molar-refractivity contribution is 0.0527. The van der Waals surface area contributed by atoms with E-state index in [2.05, 4.69) is 9.97 Å². The maximum absolute atomic E-state index is 15.1. The lowest BCUT2D eigenvalue weighted by Gasteiger charge is -2.16. The number of pyridine rings is 1. The zero-order chi connectivity index (χ0) is 21.5. The Morgan fingerprint density at radius 2 is 2.10 bits per heavy atom. The number of nitrogens with zero attached hydrogens (tertiary/aromatic N) is 1. The number of aliphatic hydroxyl groups is 2. The van der Waals surface area contributed by atoms with E-state index in [4.69, 9.17) is 19.3 Å². The molecule has 0 saturated carbocycles. The second-order valence-electron chi connectivity index (χ2n) is 7.52. The number of aryl methyl sites for hydroxylation is 1. The van der Waals surface area contributed by atoms with Gasteiger partial charge in [0.1, 0.15) is 18.5 Å². The minimum atomic E-state index is -0.995. The minimum Gasteiger partial charge on any atom is -0.489 e. The molecule has 0 spiro atoms. The number of benzene rings is 2. The van der Waals surface area contributed by atoms with Crippen LogP contribution in [-0.2, 0) is 6.42 Å². The molecule has 1 aliphatic heterocycles. The van der Waals surface area contributed by atoms with E-state index in [1.54, 1.807) is 36.5 Å². The number of rotatable bonds is 6. The molecule has 4 aromatic rings.